The second kappa shape index (κ2) is 7.55. The molecule has 22 heavy (non-hydrogen) atoms. The lowest BCUT2D eigenvalue weighted by molar-refractivity contribution is -0.136. The molecular formula is C17H27N3OS. The van der Waals surface area contributed by atoms with Crippen molar-refractivity contribution in [1.29, 1.82) is 0 Å². The number of piperidine rings is 1. The Labute approximate surface area is 137 Å². The first-order valence-electron chi connectivity index (χ1n) is 8.61. The molecule has 3 rings (SSSR count). The summed E-state index contributed by atoms with van der Waals surface area (Å²) in [6.45, 7) is 2.86. The van der Waals surface area contributed by atoms with Crippen molar-refractivity contribution in [2.75, 3.05) is 20.1 Å². The molecule has 0 aromatic carbocycles. The van der Waals surface area contributed by atoms with Gasteiger partial charge in [-0.05, 0) is 38.8 Å². The summed E-state index contributed by atoms with van der Waals surface area (Å²) < 4.78 is 0. The zero-order valence-corrected chi connectivity index (χ0v) is 14.4. The summed E-state index contributed by atoms with van der Waals surface area (Å²) in [5.41, 5.74) is 0. The van der Waals surface area contributed by atoms with Crippen molar-refractivity contribution in [2.24, 2.45) is 5.92 Å². The van der Waals surface area contributed by atoms with Crippen LogP contribution >= 0.6 is 11.3 Å². The fourth-order valence-corrected chi connectivity index (χ4v) is 4.55. The zero-order chi connectivity index (χ0) is 15.4. The van der Waals surface area contributed by atoms with E-state index in [2.05, 4.69) is 9.88 Å². The van der Waals surface area contributed by atoms with Crippen LogP contribution in [0, 0.1) is 5.92 Å². The molecule has 1 aromatic rings. The van der Waals surface area contributed by atoms with Gasteiger partial charge in [0.1, 0.15) is 5.01 Å². The molecule has 2 heterocycles. The molecule has 1 aromatic heterocycles. The van der Waals surface area contributed by atoms with Gasteiger partial charge in [0.05, 0.1) is 6.54 Å². The van der Waals surface area contributed by atoms with Crippen molar-refractivity contribution in [3.8, 4) is 0 Å². The maximum atomic E-state index is 12.6. The van der Waals surface area contributed by atoms with E-state index in [-0.39, 0.29) is 5.92 Å². The van der Waals surface area contributed by atoms with E-state index in [0.29, 0.717) is 12.5 Å². The van der Waals surface area contributed by atoms with Crippen LogP contribution < -0.4 is 0 Å². The summed E-state index contributed by atoms with van der Waals surface area (Å²) in [5.74, 6) is 0.517. The second-order valence-corrected chi connectivity index (χ2v) is 7.70. The van der Waals surface area contributed by atoms with Gasteiger partial charge < -0.3 is 9.80 Å². The number of amides is 1. The lowest BCUT2D eigenvalue weighted by Gasteiger charge is -2.39. The predicted octanol–water partition coefficient (Wildman–Crippen LogP) is 3.15. The molecule has 122 valence electrons. The first kappa shape index (κ1) is 15.9. The summed E-state index contributed by atoms with van der Waals surface area (Å²) in [5, 5.41) is 2.99. The Morgan fingerprint density at radius 2 is 2.00 bits per heavy atom. The minimum Gasteiger partial charge on any atom is -0.339 e. The van der Waals surface area contributed by atoms with Crippen LogP contribution in [-0.2, 0) is 11.3 Å². The Hall–Kier alpha value is -0.940. The summed E-state index contributed by atoms with van der Waals surface area (Å²) in [7, 11) is 1.91. The van der Waals surface area contributed by atoms with Crippen LogP contribution in [0.25, 0.3) is 0 Å². The second-order valence-electron chi connectivity index (χ2n) is 6.72. The van der Waals surface area contributed by atoms with Crippen LogP contribution in [0.2, 0.25) is 0 Å². The van der Waals surface area contributed by atoms with E-state index in [4.69, 9.17) is 0 Å². The van der Waals surface area contributed by atoms with Gasteiger partial charge in [0.2, 0.25) is 5.91 Å². The Morgan fingerprint density at radius 3 is 2.64 bits per heavy atom. The largest absolute Gasteiger partial charge is 0.339 e. The van der Waals surface area contributed by atoms with Crippen molar-refractivity contribution < 1.29 is 4.79 Å². The molecule has 2 fully saturated rings. The van der Waals surface area contributed by atoms with Gasteiger partial charge >= 0.3 is 0 Å². The van der Waals surface area contributed by atoms with Crippen LogP contribution in [-0.4, -0.2) is 46.9 Å². The molecule has 0 radical (unpaired) electrons. The number of carbonyl (C=O) groups excluding carboxylic acids is 1. The third kappa shape index (κ3) is 3.87. The highest BCUT2D eigenvalue weighted by molar-refractivity contribution is 7.09. The molecule has 0 N–H and O–H groups in total. The van der Waals surface area contributed by atoms with Crippen molar-refractivity contribution in [3.63, 3.8) is 0 Å². The molecule has 1 saturated carbocycles. The zero-order valence-electron chi connectivity index (χ0n) is 13.5. The van der Waals surface area contributed by atoms with E-state index in [0.717, 1.165) is 37.0 Å². The summed E-state index contributed by atoms with van der Waals surface area (Å²) in [4.78, 5) is 21.4. The Balaban J connectivity index is 1.46. The first-order valence-corrected chi connectivity index (χ1v) is 9.49. The normalized spacial score (nSPS) is 21.9. The van der Waals surface area contributed by atoms with E-state index in [1.165, 1.54) is 32.1 Å². The third-order valence-electron chi connectivity index (χ3n) is 5.20. The number of carbonyl (C=O) groups is 1. The Kier molecular flexibility index (Phi) is 5.47. The molecule has 1 saturated heterocycles. The van der Waals surface area contributed by atoms with Gasteiger partial charge in [0, 0.05) is 30.6 Å². The van der Waals surface area contributed by atoms with Gasteiger partial charge in [-0.1, -0.05) is 19.3 Å². The van der Waals surface area contributed by atoms with Crippen LogP contribution in [0.15, 0.2) is 11.6 Å². The van der Waals surface area contributed by atoms with Crippen molar-refractivity contribution in [1.82, 2.24) is 14.8 Å². The molecule has 0 unspecified atom stereocenters. The fraction of sp³-hybridized carbons (Fsp3) is 0.765. The lowest BCUT2D eigenvalue weighted by Crippen LogP contribution is -2.45. The molecule has 5 heteroatoms. The molecule has 1 aliphatic heterocycles. The quantitative estimate of drug-likeness (QED) is 0.855. The highest BCUT2D eigenvalue weighted by Crippen LogP contribution is 2.28. The van der Waals surface area contributed by atoms with Gasteiger partial charge in [-0.2, -0.15) is 0 Å². The number of thiazole rings is 1. The van der Waals surface area contributed by atoms with Crippen LogP contribution in [0.3, 0.4) is 0 Å². The Bertz CT molecular complexity index is 462. The molecular weight excluding hydrogens is 294 g/mol. The molecule has 2 aliphatic rings. The van der Waals surface area contributed by atoms with Crippen molar-refractivity contribution in [2.45, 2.75) is 57.5 Å². The fourth-order valence-electron chi connectivity index (χ4n) is 3.88. The maximum Gasteiger partial charge on any atom is 0.225 e. The number of rotatable bonds is 4. The summed E-state index contributed by atoms with van der Waals surface area (Å²) >= 11 is 1.62. The number of hydrogen-bond acceptors (Lipinski definition) is 4. The molecule has 1 aliphatic carbocycles. The van der Waals surface area contributed by atoms with E-state index in [1.807, 2.05) is 17.3 Å². The first-order chi connectivity index (χ1) is 10.7. The SMILES string of the molecule is CN(Cc1nccs1)C(=O)C1CCN(C2CCCCC2)CC1. The minimum absolute atomic E-state index is 0.213. The topological polar surface area (TPSA) is 36.4 Å². The number of hydrogen-bond donors (Lipinski definition) is 0. The predicted molar refractivity (Wildman–Crippen MR) is 89.8 cm³/mol. The third-order valence-corrected chi connectivity index (χ3v) is 5.97. The minimum atomic E-state index is 0.213. The number of nitrogens with zero attached hydrogens (tertiary/aromatic N) is 3. The van der Waals surface area contributed by atoms with Crippen molar-refractivity contribution in [3.05, 3.63) is 16.6 Å². The average Bonchev–Trinajstić information content (AvgIpc) is 3.08. The van der Waals surface area contributed by atoms with Crippen LogP contribution in [0.4, 0.5) is 0 Å². The van der Waals surface area contributed by atoms with E-state index in [9.17, 15) is 4.79 Å². The van der Waals surface area contributed by atoms with E-state index in [1.54, 1.807) is 17.5 Å². The summed E-state index contributed by atoms with van der Waals surface area (Å²) in [6, 6.07) is 0.790. The van der Waals surface area contributed by atoms with Gasteiger partial charge in [-0.3, -0.25) is 4.79 Å². The van der Waals surface area contributed by atoms with Gasteiger partial charge in [-0.25, -0.2) is 4.98 Å². The van der Waals surface area contributed by atoms with Crippen LogP contribution in [0.1, 0.15) is 50.0 Å². The molecule has 0 atom stereocenters. The molecule has 1 amide bonds. The molecule has 0 spiro atoms. The Morgan fingerprint density at radius 1 is 1.27 bits per heavy atom. The maximum absolute atomic E-state index is 12.6. The summed E-state index contributed by atoms with van der Waals surface area (Å²) in [6.07, 6.45) is 10.8. The van der Waals surface area contributed by atoms with Gasteiger partial charge in [-0.15, -0.1) is 11.3 Å². The van der Waals surface area contributed by atoms with Crippen LogP contribution in [0.5, 0.6) is 0 Å². The monoisotopic (exact) mass is 321 g/mol. The highest BCUT2D eigenvalue weighted by atomic mass is 32.1. The number of aromatic nitrogens is 1. The number of likely N-dealkylation sites (tertiary alicyclic amines) is 1. The lowest BCUT2D eigenvalue weighted by atomic mass is 9.89. The van der Waals surface area contributed by atoms with Gasteiger partial charge in [0.25, 0.3) is 0 Å². The molecule has 0 bridgehead atoms. The highest BCUT2D eigenvalue weighted by Gasteiger charge is 2.30. The average molecular weight is 321 g/mol. The molecule has 4 nitrogen and oxygen atoms in total. The standard InChI is InChI=1S/C17H27N3OS/c1-19(13-16-18-9-12-22-16)17(21)14-7-10-20(11-8-14)15-5-3-2-4-6-15/h9,12,14-15H,2-8,10-11,13H2,1H3. The van der Waals surface area contributed by atoms with Crippen molar-refractivity contribution >= 4 is 17.2 Å². The van der Waals surface area contributed by atoms with E-state index >= 15 is 0 Å². The smallest absolute Gasteiger partial charge is 0.225 e. The van der Waals surface area contributed by atoms with Gasteiger partial charge in [0.15, 0.2) is 0 Å². The van der Waals surface area contributed by atoms with E-state index < -0.39 is 0 Å².